The Morgan fingerprint density at radius 1 is 0.943 bits per heavy atom. The van der Waals surface area contributed by atoms with Gasteiger partial charge in [0.15, 0.2) is 0 Å². The molecule has 182 valence electrons. The van der Waals surface area contributed by atoms with Crippen molar-refractivity contribution in [2.75, 3.05) is 19.0 Å². The summed E-state index contributed by atoms with van der Waals surface area (Å²) in [7, 11) is -0.106. The van der Waals surface area contributed by atoms with Gasteiger partial charge < -0.3 is 4.90 Å². The van der Waals surface area contributed by atoms with Gasteiger partial charge in [0.1, 0.15) is 5.69 Å². The second-order valence-electron chi connectivity index (χ2n) is 8.63. The van der Waals surface area contributed by atoms with Gasteiger partial charge in [-0.3, -0.25) is 9.48 Å². The Balaban J connectivity index is 0.00000361. The van der Waals surface area contributed by atoms with Gasteiger partial charge in [-0.1, -0.05) is 48.5 Å². The molecule has 0 fully saturated rings. The average molecular weight is 491 g/mol. The van der Waals surface area contributed by atoms with Crippen LogP contribution in [-0.4, -0.2) is 38.2 Å². The molecule has 1 aromatic heterocycles. The first-order chi connectivity index (χ1) is 16.7. The fraction of sp³-hybridized carbons (Fsp3) is 0.185. The van der Waals surface area contributed by atoms with Crippen molar-refractivity contribution in [2.45, 2.75) is 25.3 Å². The van der Waals surface area contributed by atoms with Crippen LogP contribution >= 0.6 is 0 Å². The van der Waals surface area contributed by atoms with E-state index in [0.717, 1.165) is 27.9 Å². The smallest absolute Gasteiger partial charge is 0.283 e. The lowest BCUT2D eigenvalue weighted by Crippen LogP contribution is -2.32. The van der Waals surface area contributed by atoms with Crippen LogP contribution in [0.2, 0.25) is 0 Å². The number of amides is 1. The minimum atomic E-state index is -4.03. The molecule has 4 aromatic rings. The van der Waals surface area contributed by atoms with E-state index in [1.165, 1.54) is 12.1 Å². The Labute approximate surface area is 207 Å². The first-order valence-electron chi connectivity index (χ1n) is 11.2. The number of aromatic nitrogens is 2. The number of hydrogen-bond donors (Lipinski definition) is 1. The number of hydrogen-bond acceptors (Lipinski definition) is 5. The maximum absolute atomic E-state index is 13.2. The second-order valence-corrected chi connectivity index (χ2v) is 10.3. The molecule has 1 heterocycles. The molecule has 35 heavy (non-hydrogen) atoms. The van der Waals surface area contributed by atoms with Gasteiger partial charge in [-0.2, -0.15) is 5.10 Å². The van der Waals surface area contributed by atoms with Crippen molar-refractivity contribution in [2.24, 2.45) is 0 Å². The van der Waals surface area contributed by atoms with Gasteiger partial charge >= 0.3 is 0 Å². The van der Waals surface area contributed by atoms with Crippen LogP contribution < -0.4 is 9.62 Å². The first kappa shape index (κ1) is 24.2. The fourth-order valence-corrected chi connectivity index (χ4v) is 4.85. The Hall–Kier alpha value is -3.91. The van der Waals surface area contributed by atoms with Crippen LogP contribution in [0.5, 0.6) is 0 Å². The number of carbonyl (C=O) groups excluding carboxylic acids is 1. The molecule has 0 unspecified atom stereocenters. The van der Waals surface area contributed by atoms with Gasteiger partial charge in [0.25, 0.3) is 15.9 Å². The quantitative estimate of drug-likeness (QED) is 0.408. The number of nitrogens with one attached hydrogen (secondary N) is 1. The normalized spacial score (nSPS) is 11.3. The number of nitrogens with zero attached hydrogens (tertiary/aromatic N) is 3. The molecular formula is C27H30N4O3S. The van der Waals surface area contributed by atoms with E-state index in [9.17, 15) is 13.2 Å². The maximum atomic E-state index is 13.2. The standard InChI is InChI=1S/C27H28N4O3S.H2/c1-19-9-8-10-20(2)24(19)18-31-26(27(32)29-35(33,34)23-11-6-5-7-12-23)17-25(28-31)21-13-15-22(16-14-21)30(3)4;/h5-17H,18H2,1-4H3,(H,29,32);1H. The highest BCUT2D eigenvalue weighted by Gasteiger charge is 2.23. The third kappa shape index (κ3) is 5.27. The van der Waals surface area contributed by atoms with Crippen molar-refractivity contribution in [1.29, 1.82) is 0 Å². The van der Waals surface area contributed by atoms with Crippen LogP contribution in [0.15, 0.2) is 83.8 Å². The molecule has 0 bridgehead atoms. The molecule has 0 aliphatic rings. The predicted octanol–water partition coefficient (Wildman–Crippen LogP) is 4.65. The van der Waals surface area contributed by atoms with E-state index in [2.05, 4.69) is 4.72 Å². The van der Waals surface area contributed by atoms with Crippen LogP contribution in [0.4, 0.5) is 5.69 Å². The molecule has 4 rings (SSSR count). The van der Waals surface area contributed by atoms with Gasteiger partial charge in [-0.05, 0) is 60.9 Å². The zero-order chi connectivity index (χ0) is 25.2. The molecule has 0 saturated heterocycles. The highest BCUT2D eigenvalue weighted by molar-refractivity contribution is 7.90. The lowest BCUT2D eigenvalue weighted by molar-refractivity contribution is 0.0971. The summed E-state index contributed by atoms with van der Waals surface area (Å²) in [6.07, 6.45) is 0. The van der Waals surface area contributed by atoms with Gasteiger partial charge in [0.2, 0.25) is 0 Å². The fourth-order valence-electron chi connectivity index (χ4n) is 3.87. The highest BCUT2D eigenvalue weighted by Crippen LogP contribution is 2.24. The molecule has 0 spiro atoms. The molecule has 0 saturated carbocycles. The summed E-state index contributed by atoms with van der Waals surface area (Å²) < 4.78 is 29.4. The summed E-state index contributed by atoms with van der Waals surface area (Å²) in [5, 5.41) is 4.70. The van der Waals surface area contributed by atoms with Crippen molar-refractivity contribution < 1.29 is 14.6 Å². The summed E-state index contributed by atoms with van der Waals surface area (Å²) in [4.78, 5) is 15.3. The molecular weight excluding hydrogens is 460 g/mol. The summed E-state index contributed by atoms with van der Waals surface area (Å²) in [5.41, 5.74) is 5.79. The van der Waals surface area contributed by atoms with Crippen LogP contribution in [0.3, 0.4) is 0 Å². The summed E-state index contributed by atoms with van der Waals surface area (Å²) in [5.74, 6) is -0.733. The van der Waals surface area contributed by atoms with Crippen LogP contribution in [0.25, 0.3) is 11.3 Å². The molecule has 0 aliphatic heterocycles. The first-order valence-corrected chi connectivity index (χ1v) is 12.7. The lowest BCUT2D eigenvalue weighted by atomic mass is 10.0. The van der Waals surface area contributed by atoms with Gasteiger partial charge in [-0.15, -0.1) is 0 Å². The molecule has 0 atom stereocenters. The Bertz CT molecular complexity index is 1440. The number of rotatable bonds is 7. The van der Waals surface area contributed by atoms with Crippen molar-refractivity contribution in [1.82, 2.24) is 14.5 Å². The van der Waals surface area contributed by atoms with E-state index < -0.39 is 15.9 Å². The number of anilines is 1. The number of carbonyl (C=O) groups is 1. The third-order valence-electron chi connectivity index (χ3n) is 5.92. The van der Waals surface area contributed by atoms with E-state index >= 15 is 0 Å². The largest absolute Gasteiger partial charge is 0.378 e. The van der Waals surface area contributed by atoms with E-state index in [1.54, 1.807) is 28.9 Å². The lowest BCUT2D eigenvalue weighted by Gasteiger charge is -2.13. The molecule has 7 nitrogen and oxygen atoms in total. The van der Waals surface area contributed by atoms with Gasteiger partial charge in [0, 0.05) is 26.8 Å². The third-order valence-corrected chi connectivity index (χ3v) is 7.27. The minimum Gasteiger partial charge on any atom is -0.378 e. The molecule has 1 N–H and O–H groups in total. The monoisotopic (exact) mass is 490 g/mol. The zero-order valence-corrected chi connectivity index (χ0v) is 21.0. The minimum absolute atomic E-state index is 0. The molecule has 8 heteroatoms. The summed E-state index contributed by atoms with van der Waals surface area (Å²) in [6.45, 7) is 4.35. The summed E-state index contributed by atoms with van der Waals surface area (Å²) >= 11 is 0. The Morgan fingerprint density at radius 3 is 2.17 bits per heavy atom. The average Bonchev–Trinajstić information content (AvgIpc) is 3.26. The van der Waals surface area contributed by atoms with Crippen LogP contribution in [0.1, 0.15) is 28.6 Å². The second kappa shape index (κ2) is 9.76. The van der Waals surface area contributed by atoms with E-state index in [-0.39, 0.29) is 12.0 Å². The SMILES string of the molecule is Cc1cccc(C)c1Cn1nc(-c2ccc(N(C)C)cc2)cc1C(=O)NS(=O)(=O)c1ccccc1.[HH]. The summed E-state index contributed by atoms with van der Waals surface area (Å²) in [6, 6.07) is 23.3. The van der Waals surface area contributed by atoms with Crippen molar-refractivity contribution >= 4 is 21.6 Å². The molecule has 1 amide bonds. The number of sulfonamides is 1. The van der Waals surface area contributed by atoms with Gasteiger partial charge in [-0.25, -0.2) is 13.1 Å². The predicted molar refractivity (Wildman–Crippen MR) is 140 cm³/mol. The highest BCUT2D eigenvalue weighted by atomic mass is 32.2. The van der Waals surface area contributed by atoms with Gasteiger partial charge in [0.05, 0.1) is 17.1 Å². The maximum Gasteiger partial charge on any atom is 0.283 e. The number of benzene rings is 3. The van der Waals surface area contributed by atoms with Crippen molar-refractivity contribution in [3.05, 3.63) is 101 Å². The van der Waals surface area contributed by atoms with E-state index in [4.69, 9.17) is 5.10 Å². The zero-order valence-electron chi connectivity index (χ0n) is 20.2. The van der Waals surface area contributed by atoms with Crippen molar-refractivity contribution in [3.63, 3.8) is 0 Å². The molecule has 0 radical (unpaired) electrons. The number of aryl methyl sites for hydroxylation is 2. The van der Waals surface area contributed by atoms with Crippen LogP contribution in [-0.2, 0) is 16.6 Å². The van der Waals surface area contributed by atoms with Crippen LogP contribution in [0, 0.1) is 13.8 Å². The Morgan fingerprint density at radius 2 is 1.57 bits per heavy atom. The topological polar surface area (TPSA) is 84.3 Å². The van der Waals surface area contributed by atoms with Crippen molar-refractivity contribution in [3.8, 4) is 11.3 Å². The van der Waals surface area contributed by atoms with E-state index in [1.807, 2.05) is 75.3 Å². The van der Waals surface area contributed by atoms with E-state index in [0.29, 0.717) is 12.2 Å². The molecule has 0 aliphatic carbocycles. The Kier molecular flexibility index (Phi) is 6.75. The molecule has 3 aromatic carbocycles.